The Labute approximate surface area is 375 Å². The summed E-state index contributed by atoms with van der Waals surface area (Å²) in [7, 11) is 3.98. The predicted molar refractivity (Wildman–Crippen MR) is 254 cm³/mol. The topological polar surface area (TPSA) is 102 Å². The average molecular weight is 851 g/mol. The Hall–Kier alpha value is -5.80. The molecule has 6 rings (SSSR count). The van der Waals surface area contributed by atoms with Gasteiger partial charge in [0.1, 0.15) is 27.3 Å². The fraction of sp³-hybridized carbons (Fsp3) is 0.407. The molecule has 0 radical (unpaired) electrons. The third kappa shape index (κ3) is 11.1. The first-order valence-electron chi connectivity index (χ1n) is 23.2. The lowest BCUT2D eigenvalue weighted by Crippen LogP contribution is -2.30. The first-order valence-corrected chi connectivity index (χ1v) is 23.2. The number of anilines is 2. The Morgan fingerprint density at radius 3 is 1.08 bits per heavy atom. The van der Waals surface area contributed by atoms with Gasteiger partial charge in [-0.05, 0) is 96.5 Å². The summed E-state index contributed by atoms with van der Waals surface area (Å²) in [5.74, 6) is -0.792. The number of allylic oxidation sites excluding steroid dienone is 14. The van der Waals surface area contributed by atoms with Crippen molar-refractivity contribution in [3.05, 3.63) is 142 Å². The van der Waals surface area contributed by atoms with E-state index in [1.54, 1.807) is 0 Å². The highest BCUT2D eigenvalue weighted by Crippen LogP contribution is 2.39. The Balaban J connectivity index is 0.978. The van der Waals surface area contributed by atoms with E-state index in [-0.39, 0.29) is 45.4 Å². The minimum Gasteiger partial charge on any atom is -0.871 e. The lowest BCUT2D eigenvalue weighted by Gasteiger charge is -2.32. The number of carbonyl (C=O) groups is 2. The normalized spacial score (nSPS) is 15.8. The van der Waals surface area contributed by atoms with Gasteiger partial charge in [0, 0.05) is 84.2 Å². The van der Waals surface area contributed by atoms with Crippen LogP contribution in [0, 0.1) is 0 Å². The molecule has 0 saturated carbocycles. The van der Waals surface area contributed by atoms with Gasteiger partial charge in [0.15, 0.2) is 36.1 Å². The maximum atomic E-state index is 13.3. The standard InChI is InChI=1S/C54H66N4O5/c1-7-11-31-57(32-12-8-2)45-27-19-41(20-28-45)49-51(59)47(52(49)60)39-15-23-43(24-16-39)55(5)35-37-63-38-36-56(6)44-25-17-40(18-26-44)48-53(61)50(54(48)62)42-21-29-46(30-22-42)58(33-13-9-3)34-14-10-4/h15-30H,7-14,31-38H2,1-6H3. The molecule has 0 spiro atoms. The van der Waals surface area contributed by atoms with Crippen LogP contribution in [0.3, 0.4) is 0 Å². The maximum Gasteiger partial charge on any atom is 0.199 e. The van der Waals surface area contributed by atoms with Crippen LogP contribution in [0.25, 0.3) is 11.1 Å². The van der Waals surface area contributed by atoms with Crippen LogP contribution in [0.1, 0.15) is 90.2 Å². The molecule has 2 aromatic rings. The molecule has 0 N–H and O–H groups in total. The zero-order valence-corrected chi connectivity index (χ0v) is 38.4. The molecular formula is C54H66N4O5. The molecule has 0 amide bonds. The van der Waals surface area contributed by atoms with Crippen molar-refractivity contribution >= 4 is 45.5 Å². The summed E-state index contributed by atoms with van der Waals surface area (Å²) in [5.41, 5.74) is 7.86. The summed E-state index contributed by atoms with van der Waals surface area (Å²) in [5, 5.41) is 26.5. The second kappa shape index (κ2) is 22.5. The van der Waals surface area contributed by atoms with Gasteiger partial charge in [0.2, 0.25) is 0 Å². The van der Waals surface area contributed by atoms with E-state index in [0.29, 0.717) is 48.6 Å². The SMILES string of the molecule is CCCCN(CCCC)c1ccc(C2=C([O-])C(=C3C=CC(=[N+](C)CCOCC[N+](C)=C4C=CC(=C5C(=O)C(c6ccc(N(CCCC)CCCC)cc6)=C5[O-])C=C4)C=C3)C2=O)cc1. The van der Waals surface area contributed by atoms with E-state index in [4.69, 9.17) is 4.74 Å². The fourth-order valence-corrected chi connectivity index (χ4v) is 8.18. The third-order valence-corrected chi connectivity index (χ3v) is 12.3. The summed E-state index contributed by atoms with van der Waals surface area (Å²) >= 11 is 0. The summed E-state index contributed by atoms with van der Waals surface area (Å²) in [4.78, 5) is 31.3. The molecule has 63 heavy (non-hydrogen) atoms. The monoisotopic (exact) mass is 851 g/mol. The largest absolute Gasteiger partial charge is 0.871 e. The molecule has 9 nitrogen and oxygen atoms in total. The van der Waals surface area contributed by atoms with Crippen LogP contribution in [-0.4, -0.2) is 98.7 Å². The third-order valence-electron chi connectivity index (χ3n) is 12.3. The first-order chi connectivity index (χ1) is 30.6. The van der Waals surface area contributed by atoms with Crippen LogP contribution in [0.2, 0.25) is 0 Å². The van der Waals surface area contributed by atoms with Crippen molar-refractivity contribution in [3.63, 3.8) is 0 Å². The Bertz CT molecular complexity index is 2110. The molecule has 0 fully saturated rings. The lowest BCUT2D eigenvalue weighted by molar-refractivity contribution is -0.508. The minimum absolute atomic E-state index is 0.198. The Morgan fingerprint density at radius 2 is 0.794 bits per heavy atom. The van der Waals surface area contributed by atoms with Crippen molar-refractivity contribution in [2.45, 2.75) is 79.1 Å². The van der Waals surface area contributed by atoms with E-state index in [2.05, 4.69) is 46.6 Å². The molecule has 0 atom stereocenters. The van der Waals surface area contributed by atoms with Gasteiger partial charge in [-0.2, -0.15) is 0 Å². The average Bonchev–Trinajstić information content (AvgIpc) is 3.30. The van der Waals surface area contributed by atoms with Crippen LogP contribution >= 0.6 is 0 Å². The number of Topliss-reactive ketones (excluding diaryl/α,β-unsaturated/α-hetero) is 2. The van der Waals surface area contributed by atoms with Gasteiger partial charge in [-0.15, -0.1) is 0 Å². The van der Waals surface area contributed by atoms with Crippen molar-refractivity contribution in [1.82, 2.24) is 0 Å². The molecule has 332 valence electrons. The number of carbonyl (C=O) groups excluding carboxylic acids is 2. The minimum atomic E-state index is -0.198. The Kier molecular flexibility index (Phi) is 16.7. The van der Waals surface area contributed by atoms with Crippen LogP contribution in [0.4, 0.5) is 11.4 Å². The molecule has 0 heterocycles. The van der Waals surface area contributed by atoms with Crippen LogP contribution in [-0.2, 0) is 14.3 Å². The number of ketones is 2. The van der Waals surface area contributed by atoms with Crippen molar-refractivity contribution in [2.24, 2.45) is 0 Å². The van der Waals surface area contributed by atoms with Gasteiger partial charge in [-0.1, -0.05) is 89.2 Å². The second-order valence-corrected chi connectivity index (χ2v) is 16.8. The zero-order valence-electron chi connectivity index (χ0n) is 38.4. The fourth-order valence-electron chi connectivity index (χ4n) is 8.18. The van der Waals surface area contributed by atoms with Gasteiger partial charge in [-0.25, -0.2) is 9.15 Å². The first kappa shape index (κ1) is 46.7. The van der Waals surface area contributed by atoms with Crippen molar-refractivity contribution in [3.8, 4) is 0 Å². The molecule has 0 aliphatic heterocycles. The van der Waals surface area contributed by atoms with E-state index < -0.39 is 0 Å². The summed E-state index contributed by atoms with van der Waals surface area (Å²) < 4.78 is 10.2. The molecule has 0 saturated heterocycles. The Morgan fingerprint density at radius 1 is 0.476 bits per heavy atom. The second-order valence-electron chi connectivity index (χ2n) is 16.8. The highest BCUT2D eigenvalue weighted by atomic mass is 16.5. The van der Waals surface area contributed by atoms with E-state index in [1.165, 1.54) is 0 Å². The molecule has 4 aliphatic rings. The van der Waals surface area contributed by atoms with Crippen LogP contribution in [0.15, 0.2) is 131 Å². The van der Waals surface area contributed by atoms with E-state index in [9.17, 15) is 19.8 Å². The molecular weight excluding hydrogens is 785 g/mol. The summed E-state index contributed by atoms with van der Waals surface area (Å²) in [6.45, 7) is 15.2. The van der Waals surface area contributed by atoms with Gasteiger partial charge in [-0.3, -0.25) is 9.59 Å². The molecule has 9 heteroatoms. The van der Waals surface area contributed by atoms with Gasteiger partial charge >= 0.3 is 0 Å². The number of ether oxygens (including phenoxy) is 1. The molecule has 2 aromatic carbocycles. The van der Waals surface area contributed by atoms with Crippen molar-refractivity contribution in [2.75, 3.05) is 76.4 Å². The molecule has 4 aliphatic carbocycles. The number of likely N-dealkylation sites (N-methyl/N-ethyl adjacent to an activating group) is 2. The smallest absolute Gasteiger partial charge is 0.199 e. The highest BCUT2D eigenvalue weighted by Gasteiger charge is 2.32. The molecule has 0 bridgehead atoms. The van der Waals surface area contributed by atoms with E-state index in [0.717, 1.165) is 100 Å². The highest BCUT2D eigenvalue weighted by molar-refractivity contribution is 6.40. The van der Waals surface area contributed by atoms with Crippen LogP contribution < -0.4 is 20.0 Å². The van der Waals surface area contributed by atoms with Gasteiger partial charge in [0.25, 0.3) is 0 Å². The van der Waals surface area contributed by atoms with Crippen molar-refractivity contribution in [1.29, 1.82) is 0 Å². The van der Waals surface area contributed by atoms with E-state index in [1.807, 2.05) is 111 Å². The van der Waals surface area contributed by atoms with E-state index >= 15 is 0 Å². The van der Waals surface area contributed by atoms with Gasteiger partial charge < -0.3 is 24.7 Å². The maximum absolute atomic E-state index is 13.3. The number of benzene rings is 2. The quantitative estimate of drug-likeness (QED) is 0.0686. The molecule has 0 aromatic heterocycles. The number of rotatable bonds is 22. The summed E-state index contributed by atoms with van der Waals surface area (Å²) in [6.07, 6.45) is 24.2. The zero-order chi connectivity index (χ0) is 44.9. The number of unbranched alkanes of at least 4 members (excludes halogenated alkanes) is 4. The van der Waals surface area contributed by atoms with Crippen molar-refractivity contribution < 1.29 is 33.7 Å². The van der Waals surface area contributed by atoms with Crippen LogP contribution in [0.5, 0.6) is 0 Å². The lowest BCUT2D eigenvalue weighted by atomic mass is 9.80. The number of hydrogen-bond donors (Lipinski definition) is 0. The number of nitrogens with zero attached hydrogens (tertiary/aromatic N) is 4. The van der Waals surface area contributed by atoms with Gasteiger partial charge in [0.05, 0.1) is 0 Å². The predicted octanol–water partition coefficient (Wildman–Crippen LogP) is 7.54. The molecule has 0 unspecified atom stereocenters. The summed E-state index contributed by atoms with van der Waals surface area (Å²) in [6, 6.07) is 15.8. The number of hydrogen-bond acceptors (Lipinski definition) is 7.